The summed E-state index contributed by atoms with van der Waals surface area (Å²) < 4.78 is 20.2. The van der Waals surface area contributed by atoms with Crippen LogP contribution in [0.4, 0.5) is 0 Å². The Morgan fingerprint density at radius 3 is 2.33 bits per heavy atom. The van der Waals surface area contributed by atoms with Gasteiger partial charge in [-0.15, -0.1) is 0 Å². The van der Waals surface area contributed by atoms with E-state index >= 15 is 0 Å². The van der Waals surface area contributed by atoms with Gasteiger partial charge in [-0.1, -0.05) is 0 Å². The largest absolute Gasteiger partial charge is 0.299 e. The van der Waals surface area contributed by atoms with E-state index in [4.69, 9.17) is 5.84 Å². The van der Waals surface area contributed by atoms with E-state index in [0.29, 0.717) is 10.7 Å². The fraction of sp³-hybridized carbons (Fsp3) is 0. The Balaban J connectivity index is 3.90. The summed E-state index contributed by atoms with van der Waals surface area (Å²) in [5.41, 5.74) is 0. The minimum Gasteiger partial charge on any atom is -0.299 e. The average molecular weight is 150 g/mol. The van der Waals surface area contributed by atoms with Crippen molar-refractivity contribution >= 4 is 17.2 Å². The Kier molecular flexibility index (Phi) is 3.65. The summed E-state index contributed by atoms with van der Waals surface area (Å²) in [6.07, 6.45) is 2.35. The molecule has 9 heavy (non-hydrogen) atoms. The highest BCUT2D eigenvalue weighted by Crippen LogP contribution is 1.75. The summed E-state index contributed by atoms with van der Waals surface area (Å²) in [6.45, 7) is 0. The molecular weight excluding hydrogens is 144 g/mol. The normalized spacial score (nSPS) is 10.4. The van der Waals surface area contributed by atoms with Crippen molar-refractivity contribution < 1.29 is 13.2 Å². The van der Waals surface area contributed by atoms with Gasteiger partial charge in [-0.25, -0.2) is 18.7 Å². The van der Waals surface area contributed by atoms with Gasteiger partial charge < -0.3 is 0 Å². The molecule has 6 heteroatoms. The highest BCUT2D eigenvalue weighted by Gasteiger charge is 1.86. The molecule has 0 unspecified atom stereocenters. The van der Waals surface area contributed by atoms with Gasteiger partial charge in [-0.2, -0.15) is 0 Å². The Morgan fingerprint density at radius 2 is 2.00 bits per heavy atom. The van der Waals surface area contributed by atoms with Crippen LogP contribution in [0.2, 0.25) is 0 Å². The van der Waals surface area contributed by atoms with Crippen LogP contribution in [-0.4, -0.2) is 19.1 Å². The predicted octanol–water partition coefficient (Wildman–Crippen LogP) is -1.60. The first-order valence-corrected chi connectivity index (χ1v) is 3.11. The molecule has 0 radical (unpaired) electrons. The summed E-state index contributed by atoms with van der Waals surface area (Å²) in [6, 6.07) is 0. The Labute approximate surface area is 53.8 Å². The van der Waals surface area contributed by atoms with E-state index in [1.165, 1.54) is 0 Å². The van der Waals surface area contributed by atoms with Gasteiger partial charge in [-0.3, -0.25) is 4.79 Å². The molecule has 0 heterocycles. The van der Waals surface area contributed by atoms with Gasteiger partial charge in [0.25, 0.3) is 0 Å². The fourth-order valence-electron chi connectivity index (χ4n) is 0.178. The molecule has 52 valence electrons. The van der Waals surface area contributed by atoms with Crippen LogP contribution in [0.3, 0.4) is 0 Å². The quantitative estimate of drug-likeness (QED) is 0.167. The number of thiol groups is 1. The lowest BCUT2D eigenvalue weighted by Crippen LogP contribution is -2.22. The van der Waals surface area contributed by atoms with E-state index in [0.717, 1.165) is 12.3 Å². The first kappa shape index (κ1) is 8.12. The van der Waals surface area contributed by atoms with E-state index in [2.05, 4.69) is 0 Å². The Bertz CT molecular complexity index is 177. The molecule has 0 fully saturated rings. The second-order valence-corrected chi connectivity index (χ2v) is 2.03. The second kappa shape index (κ2) is 4.04. The van der Waals surface area contributed by atoms with Crippen molar-refractivity contribution in [1.29, 1.82) is 0 Å². The molecular formula is C3H6N2O3S. The van der Waals surface area contributed by atoms with Gasteiger partial charge in [-0.05, 0) is 6.08 Å². The summed E-state index contributed by atoms with van der Waals surface area (Å²) in [4.78, 5) is 9.57. The standard InChI is InChI=1S/C3H6N2O3S/c4-5(9(7)8)2-1-3-6/h1-3,9H,4H2. The van der Waals surface area contributed by atoms with Gasteiger partial charge in [0.1, 0.15) is 6.29 Å². The number of hydrazine groups is 1. The lowest BCUT2D eigenvalue weighted by molar-refractivity contribution is -0.104. The topological polar surface area (TPSA) is 80.5 Å². The third-order valence-corrected chi connectivity index (χ3v) is 1.02. The van der Waals surface area contributed by atoms with Crippen molar-refractivity contribution in [2.75, 3.05) is 0 Å². The summed E-state index contributed by atoms with van der Waals surface area (Å²) >= 11 is 0. The highest BCUT2D eigenvalue weighted by atomic mass is 32.2. The first-order chi connectivity index (χ1) is 4.18. The lowest BCUT2D eigenvalue weighted by atomic mass is 10.7. The molecule has 0 aromatic rings. The smallest absolute Gasteiger partial charge is 0.237 e. The number of allylic oxidation sites excluding steroid dienone is 1. The molecule has 0 rings (SSSR count). The van der Waals surface area contributed by atoms with Gasteiger partial charge >= 0.3 is 0 Å². The van der Waals surface area contributed by atoms with E-state index in [-0.39, 0.29) is 0 Å². The molecule has 0 aliphatic heterocycles. The van der Waals surface area contributed by atoms with Gasteiger partial charge in [0.15, 0.2) is 0 Å². The molecule has 0 atom stereocenters. The summed E-state index contributed by atoms with van der Waals surface area (Å²) in [5, 5.41) is 0. The highest BCUT2D eigenvalue weighted by molar-refractivity contribution is 7.69. The summed E-state index contributed by atoms with van der Waals surface area (Å²) in [7, 11) is -2.81. The first-order valence-electron chi connectivity index (χ1n) is 1.98. The monoisotopic (exact) mass is 150 g/mol. The molecule has 5 nitrogen and oxygen atoms in total. The van der Waals surface area contributed by atoms with Crippen molar-refractivity contribution in [2.45, 2.75) is 0 Å². The zero-order chi connectivity index (χ0) is 7.28. The average Bonchev–Trinajstić information content (AvgIpc) is 1.82. The maximum atomic E-state index is 9.88. The molecule has 2 N–H and O–H groups in total. The van der Waals surface area contributed by atoms with Gasteiger partial charge in [0.2, 0.25) is 10.9 Å². The number of carbonyl (C=O) groups excluding carboxylic acids is 1. The molecule has 0 saturated carbocycles. The number of nitrogens with zero attached hydrogens (tertiary/aromatic N) is 1. The van der Waals surface area contributed by atoms with Crippen molar-refractivity contribution in [2.24, 2.45) is 5.84 Å². The van der Waals surface area contributed by atoms with Crippen LogP contribution in [0.5, 0.6) is 0 Å². The maximum absolute atomic E-state index is 9.88. The number of hydrogen-bond donors (Lipinski definition) is 2. The molecule has 0 aliphatic carbocycles. The Morgan fingerprint density at radius 1 is 1.44 bits per heavy atom. The number of rotatable bonds is 3. The van der Waals surface area contributed by atoms with Crippen LogP contribution in [0.1, 0.15) is 0 Å². The zero-order valence-electron chi connectivity index (χ0n) is 4.43. The number of nitrogens with two attached hydrogens (primary N) is 1. The molecule has 0 bridgehead atoms. The van der Waals surface area contributed by atoms with Crippen LogP contribution >= 0.6 is 0 Å². The molecule has 0 aromatic heterocycles. The van der Waals surface area contributed by atoms with Crippen LogP contribution < -0.4 is 5.84 Å². The molecule has 0 aliphatic rings. The van der Waals surface area contributed by atoms with Gasteiger partial charge in [0, 0.05) is 6.20 Å². The van der Waals surface area contributed by atoms with Crippen molar-refractivity contribution in [1.82, 2.24) is 4.41 Å². The summed E-state index contributed by atoms with van der Waals surface area (Å²) in [5.74, 6) is 4.79. The third-order valence-electron chi connectivity index (χ3n) is 0.506. The number of aldehydes is 1. The van der Waals surface area contributed by atoms with E-state index < -0.39 is 10.9 Å². The van der Waals surface area contributed by atoms with Crippen molar-refractivity contribution in [3.05, 3.63) is 12.3 Å². The SMILES string of the molecule is NN(C=CC=O)[SH](=O)=O. The van der Waals surface area contributed by atoms with Gasteiger partial charge in [0.05, 0.1) is 0 Å². The Hall–Kier alpha value is -0.880. The zero-order valence-corrected chi connectivity index (χ0v) is 5.32. The van der Waals surface area contributed by atoms with Crippen molar-refractivity contribution in [3.8, 4) is 0 Å². The van der Waals surface area contributed by atoms with E-state index in [1.54, 1.807) is 0 Å². The van der Waals surface area contributed by atoms with Crippen LogP contribution in [0.25, 0.3) is 0 Å². The van der Waals surface area contributed by atoms with Crippen LogP contribution in [0, 0.1) is 0 Å². The molecule has 0 saturated heterocycles. The molecule has 0 amide bonds. The van der Waals surface area contributed by atoms with E-state index in [9.17, 15) is 13.2 Å². The fourth-order valence-corrected chi connectivity index (χ4v) is 0.364. The third kappa shape index (κ3) is 3.68. The maximum Gasteiger partial charge on any atom is 0.237 e. The number of carbonyl (C=O) groups is 1. The van der Waals surface area contributed by atoms with Crippen LogP contribution in [0.15, 0.2) is 12.3 Å². The van der Waals surface area contributed by atoms with Crippen molar-refractivity contribution in [3.63, 3.8) is 0 Å². The number of hydrogen-bond acceptors (Lipinski definition) is 4. The lowest BCUT2D eigenvalue weighted by Gasteiger charge is -1.98. The van der Waals surface area contributed by atoms with E-state index in [1.807, 2.05) is 0 Å². The minimum absolute atomic E-state index is 0.420. The molecule has 0 spiro atoms. The minimum atomic E-state index is -2.81. The molecule has 0 aromatic carbocycles. The second-order valence-electron chi connectivity index (χ2n) is 1.10. The van der Waals surface area contributed by atoms with Crippen LogP contribution in [-0.2, 0) is 15.7 Å². The predicted molar refractivity (Wildman–Crippen MR) is 31.5 cm³/mol.